The Balaban J connectivity index is 1.72. The molecule has 150 valence electrons. The maximum Gasteiger partial charge on any atom is 0.270 e. The monoisotopic (exact) mass is 390 g/mol. The van der Waals surface area contributed by atoms with Crippen LogP contribution in [0, 0.1) is 0 Å². The van der Waals surface area contributed by atoms with E-state index < -0.39 is 0 Å². The van der Waals surface area contributed by atoms with Crippen LogP contribution in [0.25, 0.3) is 11.4 Å². The molecule has 0 fully saturated rings. The van der Waals surface area contributed by atoms with E-state index in [1.165, 1.54) is 5.56 Å². The molecule has 0 saturated carbocycles. The molecule has 0 radical (unpaired) electrons. The fourth-order valence-corrected chi connectivity index (χ4v) is 2.86. The molecule has 0 atom stereocenters. The van der Waals surface area contributed by atoms with Crippen molar-refractivity contribution in [3.8, 4) is 11.4 Å². The molecule has 0 unspecified atom stereocenters. The van der Waals surface area contributed by atoms with Crippen molar-refractivity contribution in [1.29, 1.82) is 0 Å². The van der Waals surface area contributed by atoms with Crippen LogP contribution >= 0.6 is 0 Å². The summed E-state index contributed by atoms with van der Waals surface area (Å²) < 4.78 is 5.08. The quantitative estimate of drug-likeness (QED) is 0.518. The summed E-state index contributed by atoms with van der Waals surface area (Å²) in [6.07, 6.45) is 1.62. The molecule has 29 heavy (non-hydrogen) atoms. The summed E-state index contributed by atoms with van der Waals surface area (Å²) in [6, 6.07) is 21.4. The minimum atomic E-state index is -0.208. The van der Waals surface area contributed by atoms with E-state index in [1.807, 2.05) is 60.7 Å². The number of hydrogen-bond acceptors (Lipinski definition) is 5. The molecular formula is C23H26N4O2. The lowest BCUT2D eigenvalue weighted by Gasteiger charge is -2.11. The summed E-state index contributed by atoms with van der Waals surface area (Å²) in [4.78, 5) is 21.8. The van der Waals surface area contributed by atoms with Gasteiger partial charge in [-0.3, -0.25) is 4.79 Å². The summed E-state index contributed by atoms with van der Waals surface area (Å²) in [6.45, 7) is 1.91. The predicted octanol–water partition coefficient (Wildman–Crippen LogP) is 3.56. The number of ether oxygens (including phenoxy) is 1. The molecule has 3 aromatic rings. The van der Waals surface area contributed by atoms with Crippen LogP contribution in [0.15, 0.2) is 66.7 Å². The van der Waals surface area contributed by atoms with Crippen molar-refractivity contribution >= 4 is 11.7 Å². The van der Waals surface area contributed by atoms with Crippen molar-refractivity contribution < 1.29 is 9.53 Å². The zero-order valence-corrected chi connectivity index (χ0v) is 16.6. The first-order chi connectivity index (χ1) is 14.3. The molecule has 6 heteroatoms. The normalized spacial score (nSPS) is 10.5. The average molecular weight is 390 g/mol. The number of amides is 1. The smallest absolute Gasteiger partial charge is 0.270 e. The van der Waals surface area contributed by atoms with Crippen LogP contribution in [0.4, 0.5) is 5.82 Å². The van der Waals surface area contributed by atoms with E-state index in [1.54, 1.807) is 13.2 Å². The molecule has 1 amide bonds. The number of rotatable bonds is 10. The van der Waals surface area contributed by atoms with Crippen molar-refractivity contribution in [2.75, 3.05) is 32.1 Å². The SMILES string of the molecule is COCCCNc1cc(C(=O)NCCc2ccccc2)nc(-c2ccccc2)n1. The van der Waals surface area contributed by atoms with Crippen molar-refractivity contribution in [1.82, 2.24) is 15.3 Å². The summed E-state index contributed by atoms with van der Waals surface area (Å²) in [5, 5.41) is 6.21. The van der Waals surface area contributed by atoms with Crippen LogP contribution in [-0.2, 0) is 11.2 Å². The van der Waals surface area contributed by atoms with Crippen LogP contribution in [0.2, 0.25) is 0 Å². The molecule has 1 heterocycles. The largest absolute Gasteiger partial charge is 0.385 e. The van der Waals surface area contributed by atoms with Gasteiger partial charge in [0.25, 0.3) is 5.91 Å². The van der Waals surface area contributed by atoms with E-state index in [-0.39, 0.29) is 5.91 Å². The van der Waals surface area contributed by atoms with Gasteiger partial charge in [-0.05, 0) is 18.4 Å². The Hall–Kier alpha value is -3.25. The van der Waals surface area contributed by atoms with Crippen LogP contribution < -0.4 is 10.6 Å². The number of carbonyl (C=O) groups excluding carboxylic acids is 1. The maximum atomic E-state index is 12.7. The van der Waals surface area contributed by atoms with Gasteiger partial charge in [-0.15, -0.1) is 0 Å². The van der Waals surface area contributed by atoms with Gasteiger partial charge in [-0.25, -0.2) is 9.97 Å². The van der Waals surface area contributed by atoms with Gasteiger partial charge in [0.1, 0.15) is 11.5 Å². The van der Waals surface area contributed by atoms with Gasteiger partial charge < -0.3 is 15.4 Å². The Bertz CT molecular complexity index is 901. The van der Waals surface area contributed by atoms with Gasteiger partial charge in [0, 0.05) is 38.4 Å². The first kappa shape index (κ1) is 20.5. The molecular weight excluding hydrogens is 364 g/mol. The first-order valence-corrected chi connectivity index (χ1v) is 9.75. The molecule has 2 N–H and O–H groups in total. The average Bonchev–Trinajstić information content (AvgIpc) is 2.78. The highest BCUT2D eigenvalue weighted by Gasteiger charge is 2.13. The van der Waals surface area contributed by atoms with Crippen molar-refractivity contribution in [3.63, 3.8) is 0 Å². The van der Waals surface area contributed by atoms with Crippen molar-refractivity contribution in [2.24, 2.45) is 0 Å². The second kappa shape index (κ2) is 10.9. The molecule has 3 rings (SSSR count). The maximum absolute atomic E-state index is 12.7. The number of aromatic nitrogens is 2. The molecule has 6 nitrogen and oxygen atoms in total. The minimum Gasteiger partial charge on any atom is -0.385 e. The zero-order valence-electron chi connectivity index (χ0n) is 16.6. The number of methoxy groups -OCH3 is 1. The van der Waals surface area contributed by atoms with E-state index in [2.05, 4.69) is 20.6 Å². The number of nitrogens with zero attached hydrogens (tertiary/aromatic N) is 2. The highest BCUT2D eigenvalue weighted by Crippen LogP contribution is 2.18. The summed E-state index contributed by atoms with van der Waals surface area (Å²) >= 11 is 0. The molecule has 0 saturated heterocycles. The third-order valence-corrected chi connectivity index (χ3v) is 4.36. The molecule has 0 spiro atoms. The Morgan fingerprint density at radius 1 is 0.966 bits per heavy atom. The molecule has 0 bridgehead atoms. The molecule has 1 aromatic heterocycles. The van der Waals surface area contributed by atoms with Gasteiger partial charge in [-0.2, -0.15) is 0 Å². The standard InChI is InChI=1S/C23H26N4O2/c1-29-16-8-14-24-21-17-20(26-22(27-21)19-11-6-3-7-12-19)23(28)25-15-13-18-9-4-2-5-10-18/h2-7,9-12,17H,8,13-16H2,1H3,(H,25,28)(H,24,26,27). The lowest BCUT2D eigenvalue weighted by molar-refractivity contribution is 0.0949. The highest BCUT2D eigenvalue weighted by molar-refractivity contribution is 5.93. The van der Waals surface area contributed by atoms with Crippen molar-refractivity contribution in [2.45, 2.75) is 12.8 Å². The topological polar surface area (TPSA) is 76.1 Å². The number of carbonyl (C=O) groups is 1. The van der Waals surface area contributed by atoms with Crippen LogP contribution in [0.5, 0.6) is 0 Å². The molecule has 2 aromatic carbocycles. The second-order valence-corrected chi connectivity index (χ2v) is 6.59. The van der Waals surface area contributed by atoms with Gasteiger partial charge >= 0.3 is 0 Å². The van der Waals surface area contributed by atoms with Gasteiger partial charge in [-0.1, -0.05) is 60.7 Å². The molecule has 0 aliphatic rings. The second-order valence-electron chi connectivity index (χ2n) is 6.59. The van der Waals surface area contributed by atoms with Crippen molar-refractivity contribution in [3.05, 3.63) is 78.0 Å². The predicted molar refractivity (Wildman–Crippen MR) is 115 cm³/mol. The van der Waals surface area contributed by atoms with E-state index >= 15 is 0 Å². The van der Waals surface area contributed by atoms with Crippen LogP contribution in [0.3, 0.4) is 0 Å². The lowest BCUT2D eigenvalue weighted by atomic mass is 10.1. The summed E-state index contributed by atoms with van der Waals surface area (Å²) in [5.41, 5.74) is 2.40. The lowest BCUT2D eigenvalue weighted by Crippen LogP contribution is -2.27. The molecule has 0 aliphatic heterocycles. The Labute approximate surface area is 171 Å². The van der Waals surface area contributed by atoms with Gasteiger partial charge in [0.2, 0.25) is 0 Å². The number of benzene rings is 2. The Kier molecular flexibility index (Phi) is 7.72. The third kappa shape index (κ3) is 6.40. The summed E-state index contributed by atoms with van der Waals surface area (Å²) in [7, 11) is 1.68. The van der Waals surface area contributed by atoms with E-state index in [4.69, 9.17) is 4.74 Å². The fraction of sp³-hybridized carbons (Fsp3) is 0.261. The fourth-order valence-electron chi connectivity index (χ4n) is 2.86. The molecule has 0 aliphatic carbocycles. The number of anilines is 1. The van der Waals surface area contributed by atoms with Crippen LogP contribution in [-0.4, -0.2) is 42.7 Å². The van der Waals surface area contributed by atoms with Gasteiger partial charge in [0.05, 0.1) is 0 Å². The zero-order chi connectivity index (χ0) is 20.3. The number of nitrogens with one attached hydrogen (secondary N) is 2. The van der Waals surface area contributed by atoms with E-state index in [0.717, 1.165) is 18.4 Å². The third-order valence-electron chi connectivity index (χ3n) is 4.36. The van der Waals surface area contributed by atoms with E-state index in [9.17, 15) is 4.79 Å². The minimum absolute atomic E-state index is 0.208. The Morgan fingerprint density at radius 3 is 2.41 bits per heavy atom. The van der Waals surface area contributed by atoms with Gasteiger partial charge in [0.15, 0.2) is 5.82 Å². The Morgan fingerprint density at radius 2 is 1.69 bits per heavy atom. The van der Waals surface area contributed by atoms with E-state index in [0.29, 0.717) is 37.0 Å². The highest BCUT2D eigenvalue weighted by atomic mass is 16.5. The first-order valence-electron chi connectivity index (χ1n) is 9.75. The van der Waals surface area contributed by atoms with Crippen LogP contribution in [0.1, 0.15) is 22.5 Å². The number of hydrogen-bond donors (Lipinski definition) is 2. The summed E-state index contributed by atoms with van der Waals surface area (Å²) in [5.74, 6) is 0.944.